The standard InChI is InChI=1S/C10H13ClFNO/c1-2-3-13-6-7-4-8(11)10(14)5-9(7)12/h4-5,13-14H,2-3,6H2,1H3. The molecule has 0 fully saturated rings. The number of phenols is 1. The van der Waals surface area contributed by atoms with Gasteiger partial charge in [0.2, 0.25) is 0 Å². The Hall–Kier alpha value is -0.800. The minimum Gasteiger partial charge on any atom is -0.506 e. The topological polar surface area (TPSA) is 32.3 Å². The summed E-state index contributed by atoms with van der Waals surface area (Å²) < 4.78 is 13.2. The monoisotopic (exact) mass is 217 g/mol. The van der Waals surface area contributed by atoms with Crippen molar-refractivity contribution in [2.24, 2.45) is 0 Å². The quantitative estimate of drug-likeness (QED) is 0.761. The van der Waals surface area contributed by atoms with Crippen LogP contribution < -0.4 is 5.32 Å². The van der Waals surface area contributed by atoms with Gasteiger partial charge in [0.15, 0.2) is 0 Å². The Kier molecular flexibility index (Phi) is 4.17. The van der Waals surface area contributed by atoms with Gasteiger partial charge in [0, 0.05) is 18.2 Å². The first kappa shape index (κ1) is 11.3. The molecular weight excluding hydrogens is 205 g/mol. The minimum atomic E-state index is -0.435. The predicted molar refractivity (Wildman–Crippen MR) is 55.1 cm³/mol. The zero-order valence-corrected chi connectivity index (χ0v) is 8.74. The molecule has 0 atom stereocenters. The summed E-state index contributed by atoms with van der Waals surface area (Å²) in [7, 11) is 0. The van der Waals surface area contributed by atoms with E-state index in [9.17, 15) is 4.39 Å². The van der Waals surface area contributed by atoms with Crippen LogP contribution in [0.3, 0.4) is 0 Å². The molecule has 0 amide bonds. The molecule has 14 heavy (non-hydrogen) atoms. The van der Waals surface area contributed by atoms with Gasteiger partial charge in [-0.25, -0.2) is 4.39 Å². The summed E-state index contributed by atoms with van der Waals surface area (Å²) in [5, 5.41) is 12.3. The number of hydrogen-bond acceptors (Lipinski definition) is 2. The van der Waals surface area contributed by atoms with Crippen molar-refractivity contribution >= 4 is 11.6 Å². The summed E-state index contributed by atoms with van der Waals surface area (Å²) in [6, 6.07) is 2.47. The van der Waals surface area contributed by atoms with E-state index < -0.39 is 5.82 Å². The van der Waals surface area contributed by atoms with Crippen molar-refractivity contribution in [2.45, 2.75) is 19.9 Å². The van der Waals surface area contributed by atoms with Crippen LogP contribution in [0.5, 0.6) is 5.75 Å². The molecule has 4 heteroatoms. The van der Waals surface area contributed by atoms with E-state index in [-0.39, 0.29) is 10.8 Å². The van der Waals surface area contributed by atoms with Crippen molar-refractivity contribution in [2.75, 3.05) is 6.54 Å². The Morgan fingerprint density at radius 3 is 2.86 bits per heavy atom. The fourth-order valence-electron chi connectivity index (χ4n) is 1.11. The lowest BCUT2D eigenvalue weighted by Crippen LogP contribution is -2.14. The van der Waals surface area contributed by atoms with Crippen molar-refractivity contribution in [1.82, 2.24) is 5.32 Å². The number of aromatic hydroxyl groups is 1. The average Bonchev–Trinajstić information content (AvgIpc) is 2.14. The molecule has 0 aliphatic rings. The molecule has 0 aromatic heterocycles. The smallest absolute Gasteiger partial charge is 0.137 e. The molecule has 0 saturated carbocycles. The predicted octanol–water partition coefficient (Wildman–Crippen LogP) is 2.68. The van der Waals surface area contributed by atoms with Crippen LogP contribution in [0.15, 0.2) is 12.1 Å². The van der Waals surface area contributed by atoms with Crippen LogP contribution in [0, 0.1) is 5.82 Å². The lowest BCUT2D eigenvalue weighted by molar-refractivity contribution is 0.467. The largest absolute Gasteiger partial charge is 0.506 e. The van der Waals surface area contributed by atoms with Gasteiger partial charge < -0.3 is 10.4 Å². The molecule has 0 radical (unpaired) electrons. The lowest BCUT2D eigenvalue weighted by Gasteiger charge is -2.06. The Bertz CT molecular complexity index is 317. The summed E-state index contributed by atoms with van der Waals surface area (Å²) in [6.07, 6.45) is 0.993. The Morgan fingerprint density at radius 1 is 1.50 bits per heavy atom. The van der Waals surface area contributed by atoms with Crippen LogP contribution in [0.4, 0.5) is 4.39 Å². The third-order valence-corrected chi connectivity index (χ3v) is 2.16. The van der Waals surface area contributed by atoms with Crippen LogP contribution in [0.25, 0.3) is 0 Å². The van der Waals surface area contributed by atoms with Gasteiger partial charge in [-0.05, 0) is 19.0 Å². The van der Waals surface area contributed by atoms with E-state index in [1.165, 1.54) is 6.07 Å². The van der Waals surface area contributed by atoms with Gasteiger partial charge in [0.05, 0.1) is 5.02 Å². The van der Waals surface area contributed by atoms with E-state index >= 15 is 0 Å². The lowest BCUT2D eigenvalue weighted by atomic mass is 10.2. The number of benzene rings is 1. The molecule has 1 aromatic carbocycles. The Labute approximate surface area is 87.7 Å². The van der Waals surface area contributed by atoms with E-state index in [0.29, 0.717) is 12.1 Å². The van der Waals surface area contributed by atoms with E-state index in [1.807, 2.05) is 6.92 Å². The molecule has 0 saturated heterocycles. The van der Waals surface area contributed by atoms with E-state index in [4.69, 9.17) is 16.7 Å². The number of phenolic OH excluding ortho intramolecular Hbond substituents is 1. The van der Waals surface area contributed by atoms with Crippen LogP contribution >= 0.6 is 11.6 Å². The fourth-order valence-corrected chi connectivity index (χ4v) is 1.30. The minimum absolute atomic E-state index is 0.180. The van der Waals surface area contributed by atoms with Gasteiger partial charge >= 0.3 is 0 Å². The first-order valence-electron chi connectivity index (χ1n) is 4.52. The SMILES string of the molecule is CCCNCc1cc(Cl)c(O)cc1F. The van der Waals surface area contributed by atoms with Gasteiger partial charge in [-0.15, -0.1) is 0 Å². The van der Waals surface area contributed by atoms with Crippen molar-refractivity contribution in [1.29, 1.82) is 0 Å². The Balaban J connectivity index is 2.72. The summed E-state index contributed by atoms with van der Waals surface area (Å²) in [6.45, 7) is 3.30. The molecule has 78 valence electrons. The molecule has 1 aromatic rings. The second-order valence-electron chi connectivity index (χ2n) is 3.07. The first-order valence-corrected chi connectivity index (χ1v) is 4.90. The average molecular weight is 218 g/mol. The maximum Gasteiger partial charge on any atom is 0.137 e. The number of nitrogens with one attached hydrogen (secondary N) is 1. The zero-order valence-electron chi connectivity index (χ0n) is 7.98. The molecule has 0 unspecified atom stereocenters. The van der Waals surface area contributed by atoms with Gasteiger partial charge in [0.1, 0.15) is 11.6 Å². The van der Waals surface area contributed by atoms with Crippen LogP contribution in [-0.2, 0) is 6.54 Å². The highest BCUT2D eigenvalue weighted by atomic mass is 35.5. The molecule has 0 aliphatic heterocycles. The first-order chi connectivity index (χ1) is 6.65. The normalized spacial score (nSPS) is 10.5. The highest BCUT2D eigenvalue weighted by Gasteiger charge is 2.06. The van der Waals surface area contributed by atoms with E-state index in [1.54, 1.807) is 0 Å². The van der Waals surface area contributed by atoms with Crippen molar-refractivity contribution < 1.29 is 9.50 Å². The fraction of sp³-hybridized carbons (Fsp3) is 0.400. The molecular formula is C10H13ClFNO. The van der Waals surface area contributed by atoms with Gasteiger partial charge in [-0.3, -0.25) is 0 Å². The molecule has 0 spiro atoms. The summed E-state index contributed by atoms with van der Waals surface area (Å²) >= 11 is 5.65. The third kappa shape index (κ3) is 2.86. The third-order valence-electron chi connectivity index (χ3n) is 1.86. The van der Waals surface area contributed by atoms with Gasteiger partial charge in [-0.2, -0.15) is 0 Å². The Morgan fingerprint density at radius 2 is 2.21 bits per heavy atom. The zero-order chi connectivity index (χ0) is 10.6. The second-order valence-corrected chi connectivity index (χ2v) is 3.48. The molecule has 0 bridgehead atoms. The second kappa shape index (κ2) is 5.17. The van der Waals surface area contributed by atoms with Gasteiger partial charge in [0.25, 0.3) is 0 Å². The van der Waals surface area contributed by atoms with Crippen LogP contribution in [0.1, 0.15) is 18.9 Å². The van der Waals surface area contributed by atoms with Gasteiger partial charge in [-0.1, -0.05) is 18.5 Å². The van der Waals surface area contributed by atoms with Crippen molar-refractivity contribution in [3.63, 3.8) is 0 Å². The maximum absolute atomic E-state index is 13.2. The summed E-state index contributed by atoms with van der Waals surface area (Å²) in [4.78, 5) is 0. The molecule has 0 aliphatic carbocycles. The number of hydrogen-bond donors (Lipinski definition) is 2. The molecule has 0 heterocycles. The van der Waals surface area contributed by atoms with Crippen molar-refractivity contribution in [3.05, 3.63) is 28.5 Å². The summed E-state index contributed by atoms with van der Waals surface area (Å²) in [5.74, 6) is -0.654. The van der Waals surface area contributed by atoms with Crippen LogP contribution in [-0.4, -0.2) is 11.7 Å². The van der Waals surface area contributed by atoms with E-state index in [2.05, 4.69) is 5.32 Å². The molecule has 2 N–H and O–H groups in total. The number of rotatable bonds is 4. The highest BCUT2D eigenvalue weighted by Crippen LogP contribution is 2.26. The van der Waals surface area contributed by atoms with Crippen LogP contribution in [0.2, 0.25) is 5.02 Å². The summed E-state index contributed by atoms with van der Waals surface area (Å²) in [5.41, 5.74) is 0.473. The van der Waals surface area contributed by atoms with E-state index in [0.717, 1.165) is 19.0 Å². The maximum atomic E-state index is 13.2. The van der Waals surface area contributed by atoms with Crippen molar-refractivity contribution in [3.8, 4) is 5.75 Å². The number of halogens is 2. The molecule has 1 rings (SSSR count). The highest BCUT2D eigenvalue weighted by molar-refractivity contribution is 6.32. The molecule has 2 nitrogen and oxygen atoms in total.